The lowest BCUT2D eigenvalue weighted by Crippen LogP contribution is -2.30. The summed E-state index contributed by atoms with van der Waals surface area (Å²) < 4.78 is 1.47. The van der Waals surface area contributed by atoms with Gasteiger partial charge in [0.25, 0.3) is 0 Å². The summed E-state index contributed by atoms with van der Waals surface area (Å²) in [5, 5.41) is 0.530. The van der Waals surface area contributed by atoms with Gasteiger partial charge in [0.2, 0.25) is 5.95 Å². The second kappa shape index (κ2) is 7.01. The number of hydrazine groups is 1. The molecular formula is C14H16ClN5O. The van der Waals surface area contributed by atoms with Crippen LogP contribution >= 0.6 is 11.6 Å². The summed E-state index contributed by atoms with van der Waals surface area (Å²) in [7, 11) is 0. The molecule has 0 atom stereocenters. The maximum absolute atomic E-state index is 12.1. The van der Waals surface area contributed by atoms with E-state index in [1.807, 2.05) is 25.1 Å². The monoisotopic (exact) mass is 305 g/mol. The second-order valence-corrected chi connectivity index (χ2v) is 4.58. The number of benzene rings is 1. The van der Waals surface area contributed by atoms with Gasteiger partial charge in [0.1, 0.15) is 5.82 Å². The molecule has 0 aliphatic carbocycles. The summed E-state index contributed by atoms with van der Waals surface area (Å²) in [4.78, 5) is 20.3. The van der Waals surface area contributed by atoms with Crippen molar-refractivity contribution in [1.82, 2.24) is 20.0 Å². The lowest BCUT2D eigenvalue weighted by atomic mass is 10.2. The Labute approximate surface area is 127 Å². The van der Waals surface area contributed by atoms with Crippen molar-refractivity contribution in [2.24, 2.45) is 0 Å². The molecule has 0 saturated heterocycles. The highest BCUT2D eigenvalue weighted by atomic mass is 35.5. The number of hydrogen-bond donors (Lipinski definition) is 2. The molecule has 1 heterocycles. The van der Waals surface area contributed by atoms with Gasteiger partial charge in [-0.05, 0) is 19.1 Å². The summed E-state index contributed by atoms with van der Waals surface area (Å²) in [6, 6.07) is 7.24. The van der Waals surface area contributed by atoms with Crippen LogP contribution in [0.15, 0.2) is 41.7 Å². The summed E-state index contributed by atoms with van der Waals surface area (Å²) in [5.41, 5.74) is 5.91. The average molecular weight is 306 g/mol. The molecule has 6 nitrogen and oxygen atoms in total. The number of nitrogens with one attached hydrogen (secondary N) is 2. The minimum atomic E-state index is -0.384. The van der Waals surface area contributed by atoms with E-state index in [0.29, 0.717) is 29.5 Å². The third-order valence-electron chi connectivity index (χ3n) is 2.78. The highest BCUT2D eigenvalue weighted by molar-refractivity contribution is 6.33. The van der Waals surface area contributed by atoms with Gasteiger partial charge in [0.15, 0.2) is 0 Å². The van der Waals surface area contributed by atoms with Crippen molar-refractivity contribution < 1.29 is 0 Å². The Morgan fingerprint density at radius 3 is 2.81 bits per heavy atom. The Morgan fingerprint density at radius 2 is 2.14 bits per heavy atom. The first-order valence-corrected chi connectivity index (χ1v) is 6.88. The minimum absolute atomic E-state index is 0.196. The van der Waals surface area contributed by atoms with Crippen LogP contribution in [0.25, 0.3) is 11.4 Å². The topological polar surface area (TPSA) is 71.8 Å². The molecule has 0 fully saturated rings. The van der Waals surface area contributed by atoms with Crippen molar-refractivity contribution in [1.29, 1.82) is 0 Å². The fourth-order valence-corrected chi connectivity index (χ4v) is 2.04. The quantitative estimate of drug-likeness (QED) is 0.486. The van der Waals surface area contributed by atoms with Crippen molar-refractivity contribution in [3.63, 3.8) is 0 Å². The van der Waals surface area contributed by atoms with E-state index in [0.717, 1.165) is 0 Å². The SMILES string of the molecule is C=CCNNc1nc(-c2ccccc2Cl)n(CC)c(=O)n1. The predicted octanol–water partition coefficient (Wildman–Crippen LogP) is 2.08. The van der Waals surface area contributed by atoms with Gasteiger partial charge >= 0.3 is 5.69 Å². The van der Waals surface area contributed by atoms with E-state index in [-0.39, 0.29) is 11.6 Å². The number of nitrogens with zero attached hydrogens (tertiary/aromatic N) is 3. The third kappa shape index (κ3) is 3.48. The molecule has 0 amide bonds. The highest BCUT2D eigenvalue weighted by Crippen LogP contribution is 2.25. The van der Waals surface area contributed by atoms with E-state index in [1.54, 1.807) is 12.1 Å². The first-order chi connectivity index (χ1) is 10.2. The zero-order valence-corrected chi connectivity index (χ0v) is 12.4. The molecule has 0 aliphatic heterocycles. The van der Waals surface area contributed by atoms with Crippen LogP contribution < -0.4 is 16.5 Å². The number of rotatable bonds is 6. The third-order valence-corrected chi connectivity index (χ3v) is 3.11. The summed E-state index contributed by atoms with van der Waals surface area (Å²) in [6.45, 7) is 6.42. The van der Waals surface area contributed by atoms with E-state index in [1.165, 1.54) is 4.57 Å². The number of hydrogen-bond acceptors (Lipinski definition) is 5. The number of halogens is 1. The molecule has 2 rings (SSSR count). The van der Waals surface area contributed by atoms with Crippen LogP contribution in [0.5, 0.6) is 0 Å². The van der Waals surface area contributed by atoms with Crippen LogP contribution in [-0.2, 0) is 6.54 Å². The van der Waals surface area contributed by atoms with Crippen LogP contribution in [0.1, 0.15) is 6.92 Å². The van der Waals surface area contributed by atoms with Crippen LogP contribution in [0.3, 0.4) is 0 Å². The lowest BCUT2D eigenvalue weighted by molar-refractivity contribution is 0.683. The van der Waals surface area contributed by atoms with E-state index >= 15 is 0 Å². The maximum atomic E-state index is 12.1. The molecular weight excluding hydrogens is 290 g/mol. The summed E-state index contributed by atoms with van der Waals surface area (Å²) >= 11 is 6.19. The molecule has 2 aromatic rings. The molecule has 0 spiro atoms. The van der Waals surface area contributed by atoms with Crippen molar-refractivity contribution >= 4 is 17.5 Å². The molecule has 7 heteroatoms. The van der Waals surface area contributed by atoms with E-state index < -0.39 is 0 Å². The van der Waals surface area contributed by atoms with Gasteiger partial charge in [-0.15, -0.1) is 6.58 Å². The molecule has 0 aliphatic rings. The Bertz CT molecular complexity index is 698. The Kier molecular flexibility index (Phi) is 5.08. The molecule has 0 unspecified atom stereocenters. The number of aromatic nitrogens is 3. The Balaban J connectivity index is 2.50. The Morgan fingerprint density at radius 1 is 1.38 bits per heavy atom. The van der Waals surface area contributed by atoms with E-state index in [2.05, 4.69) is 27.4 Å². The fourth-order valence-electron chi connectivity index (χ4n) is 1.82. The molecule has 110 valence electrons. The second-order valence-electron chi connectivity index (χ2n) is 4.17. The standard InChI is InChI=1S/C14H16ClN5O/c1-3-9-16-19-13-17-12(20(4-2)14(21)18-13)10-7-5-6-8-11(10)15/h3,5-8,16H,1,4,9H2,2H3,(H,18,19,21). The van der Waals surface area contributed by atoms with E-state index in [4.69, 9.17) is 11.6 Å². The molecule has 0 bridgehead atoms. The number of anilines is 1. The zero-order valence-electron chi connectivity index (χ0n) is 11.6. The molecule has 1 aromatic carbocycles. The zero-order chi connectivity index (χ0) is 15.2. The smallest absolute Gasteiger partial charge is 0.289 e. The van der Waals surface area contributed by atoms with Crippen molar-refractivity contribution in [3.8, 4) is 11.4 Å². The van der Waals surface area contributed by atoms with Crippen LogP contribution in [0.2, 0.25) is 5.02 Å². The van der Waals surface area contributed by atoms with Gasteiger partial charge in [0, 0.05) is 18.7 Å². The highest BCUT2D eigenvalue weighted by Gasteiger charge is 2.13. The average Bonchev–Trinajstić information content (AvgIpc) is 2.47. The van der Waals surface area contributed by atoms with Crippen molar-refractivity contribution in [3.05, 3.63) is 52.4 Å². The summed E-state index contributed by atoms with van der Waals surface area (Å²) in [5.74, 6) is 0.674. The molecule has 2 N–H and O–H groups in total. The molecule has 0 radical (unpaired) electrons. The first-order valence-electron chi connectivity index (χ1n) is 6.51. The fraction of sp³-hybridized carbons (Fsp3) is 0.214. The Hall–Kier alpha value is -2.18. The van der Waals surface area contributed by atoms with Crippen LogP contribution in [0.4, 0.5) is 5.95 Å². The molecule has 21 heavy (non-hydrogen) atoms. The van der Waals surface area contributed by atoms with Gasteiger partial charge in [-0.2, -0.15) is 9.97 Å². The van der Waals surface area contributed by atoms with Gasteiger partial charge in [-0.25, -0.2) is 10.2 Å². The maximum Gasteiger partial charge on any atom is 0.352 e. The minimum Gasteiger partial charge on any atom is -0.289 e. The van der Waals surface area contributed by atoms with Gasteiger partial charge in [0.05, 0.1) is 5.02 Å². The van der Waals surface area contributed by atoms with Gasteiger partial charge < -0.3 is 0 Å². The molecule has 1 aromatic heterocycles. The van der Waals surface area contributed by atoms with Gasteiger partial charge in [-0.3, -0.25) is 9.99 Å². The lowest BCUT2D eigenvalue weighted by Gasteiger charge is -2.12. The van der Waals surface area contributed by atoms with Crippen LogP contribution in [0, 0.1) is 0 Å². The first kappa shape index (κ1) is 15.2. The van der Waals surface area contributed by atoms with Gasteiger partial charge in [-0.1, -0.05) is 29.8 Å². The van der Waals surface area contributed by atoms with Crippen LogP contribution in [-0.4, -0.2) is 21.1 Å². The molecule has 0 saturated carbocycles. The van der Waals surface area contributed by atoms with Crippen molar-refractivity contribution in [2.45, 2.75) is 13.5 Å². The largest absolute Gasteiger partial charge is 0.352 e. The normalized spacial score (nSPS) is 10.4. The predicted molar refractivity (Wildman–Crippen MR) is 84.2 cm³/mol. The van der Waals surface area contributed by atoms with Crippen molar-refractivity contribution in [2.75, 3.05) is 12.0 Å². The summed E-state index contributed by atoms with van der Waals surface area (Å²) in [6.07, 6.45) is 1.68. The van der Waals surface area contributed by atoms with E-state index in [9.17, 15) is 4.79 Å².